The molecule has 6 nitrogen and oxygen atoms in total. The summed E-state index contributed by atoms with van der Waals surface area (Å²) >= 11 is 0. The van der Waals surface area contributed by atoms with Crippen LogP contribution in [0, 0.1) is 18.3 Å². The second-order valence-corrected chi connectivity index (χ2v) is 2.62. The van der Waals surface area contributed by atoms with E-state index < -0.39 is 0 Å². The molecule has 0 atom stereocenters. The third-order valence-electron chi connectivity index (χ3n) is 1.58. The lowest BCUT2D eigenvalue weighted by atomic mass is 10.5. The number of nitriles is 1. The van der Waals surface area contributed by atoms with Gasteiger partial charge in [-0.25, -0.2) is 15.0 Å². The third kappa shape index (κ3) is 1.43. The molecule has 0 fully saturated rings. The summed E-state index contributed by atoms with van der Waals surface area (Å²) in [5, 5.41) is 12.4. The minimum Gasteiger partial charge on any atom is -0.220 e. The molecule has 0 saturated carbocycles. The molecule has 0 bridgehead atoms. The van der Waals surface area contributed by atoms with Gasteiger partial charge in [0, 0.05) is 11.9 Å². The smallest absolute Gasteiger partial charge is 0.220 e. The second kappa shape index (κ2) is 3.22. The van der Waals surface area contributed by atoms with E-state index >= 15 is 0 Å². The van der Waals surface area contributed by atoms with E-state index in [0.29, 0.717) is 5.95 Å². The molecule has 0 aliphatic heterocycles. The highest BCUT2D eigenvalue weighted by Gasteiger charge is 2.03. The summed E-state index contributed by atoms with van der Waals surface area (Å²) < 4.78 is 1.37. The van der Waals surface area contributed by atoms with Gasteiger partial charge < -0.3 is 0 Å². The standard InChI is InChI=1S/C8H6N6/c1-6-2-3-10-8(12-6)14-5-11-7(4-9)13-14/h2-3,5H,1H3. The molecule has 2 rings (SSSR count). The predicted octanol–water partition coefficient (Wildman–Crippen LogP) is 0.237. The first kappa shape index (κ1) is 8.31. The Labute approximate surface area is 79.9 Å². The summed E-state index contributed by atoms with van der Waals surface area (Å²) in [6, 6.07) is 3.62. The van der Waals surface area contributed by atoms with Crippen LogP contribution < -0.4 is 0 Å². The van der Waals surface area contributed by atoms with E-state index in [1.807, 2.05) is 13.0 Å². The Bertz CT molecular complexity index is 495. The van der Waals surface area contributed by atoms with Gasteiger partial charge in [-0.2, -0.15) is 9.94 Å². The Morgan fingerprint density at radius 3 is 2.93 bits per heavy atom. The van der Waals surface area contributed by atoms with Crippen molar-refractivity contribution < 1.29 is 0 Å². The maximum absolute atomic E-state index is 8.52. The van der Waals surface area contributed by atoms with Crippen molar-refractivity contribution in [1.82, 2.24) is 24.7 Å². The minimum atomic E-state index is 0.107. The SMILES string of the molecule is Cc1ccnc(-n2cnc(C#N)n2)n1. The fourth-order valence-electron chi connectivity index (χ4n) is 0.957. The highest BCUT2D eigenvalue weighted by molar-refractivity contribution is 5.14. The van der Waals surface area contributed by atoms with Gasteiger partial charge >= 0.3 is 0 Å². The average molecular weight is 186 g/mol. The second-order valence-electron chi connectivity index (χ2n) is 2.62. The lowest BCUT2D eigenvalue weighted by Gasteiger charge is -1.97. The van der Waals surface area contributed by atoms with Crippen LogP contribution in [0.15, 0.2) is 18.6 Å². The van der Waals surface area contributed by atoms with E-state index in [1.54, 1.807) is 12.3 Å². The summed E-state index contributed by atoms with van der Waals surface area (Å²) in [4.78, 5) is 11.9. The predicted molar refractivity (Wildman–Crippen MR) is 46.4 cm³/mol. The van der Waals surface area contributed by atoms with E-state index in [0.717, 1.165) is 5.69 Å². The van der Waals surface area contributed by atoms with Gasteiger partial charge in [0.2, 0.25) is 0 Å². The van der Waals surface area contributed by atoms with Gasteiger partial charge in [0.1, 0.15) is 12.4 Å². The van der Waals surface area contributed by atoms with Crippen molar-refractivity contribution in [2.45, 2.75) is 6.92 Å². The Kier molecular flexibility index (Phi) is 1.91. The fraction of sp³-hybridized carbons (Fsp3) is 0.125. The molecule has 0 aliphatic rings. The normalized spacial score (nSPS) is 9.71. The Morgan fingerprint density at radius 1 is 1.43 bits per heavy atom. The molecule has 0 aliphatic carbocycles. The molecule has 2 heterocycles. The zero-order valence-electron chi connectivity index (χ0n) is 7.42. The molecule has 2 aromatic rings. The van der Waals surface area contributed by atoms with Gasteiger partial charge in [-0.1, -0.05) is 0 Å². The average Bonchev–Trinajstić information content (AvgIpc) is 2.66. The summed E-state index contributed by atoms with van der Waals surface area (Å²) in [6.45, 7) is 1.85. The molecule has 68 valence electrons. The van der Waals surface area contributed by atoms with Crippen LogP contribution in [-0.4, -0.2) is 24.7 Å². The van der Waals surface area contributed by atoms with Gasteiger partial charge in [-0.05, 0) is 13.0 Å². The summed E-state index contributed by atoms with van der Waals surface area (Å²) in [7, 11) is 0. The quantitative estimate of drug-likeness (QED) is 0.637. The van der Waals surface area contributed by atoms with Crippen molar-refractivity contribution in [3.63, 3.8) is 0 Å². The van der Waals surface area contributed by atoms with Crippen LogP contribution in [0.1, 0.15) is 11.5 Å². The van der Waals surface area contributed by atoms with E-state index in [2.05, 4.69) is 20.1 Å². The highest BCUT2D eigenvalue weighted by Crippen LogP contribution is 1.99. The lowest BCUT2D eigenvalue weighted by Crippen LogP contribution is -2.02. The van der Waals surface area contributed by atoms with Crippen molar-refractivity contribution in [3.05, 3.63) is 30.1 Å². The zero-order valence-corrected chi connectivity index (χ0v) is 7.42. The first-order chi connectivity index (χ1) is 6.79. The van der Waals surface area contributed by atoms with Crippen molar-refractivity contribution in [3.8, 4) is 12.0 Å². The number of hydrogen-bond donors (Lipinski definition) is 0. The van der Waals surface area contributed by atoms with Gasteiger partial charge in [-0.15, -0.1) is 5.10 Å². The Balaban J connectivity index is 2.45. The van der Waals surface area contributed by atoms with Crippen LogP contribution in [0.5, 0.6) is 0 Å². The van der Waals surface area contributed by atoms with Crippen LogP contribution in [0.25, 0.3) is 5.95 Å². The number of rotatable bonds is 1. The molecule has 0 saturated heterocycles. The van der Waals surface area contributed by atoms with E-state index in [4.69, 9.17) is 5.26 Å². The molecular formula is C8H6N6. The van der Waals surface area contributed by atoms with Gasteiger partial charge in [0.05, 0.1) is 0 Å². The largest absolute Gasteiger partial charge is 0.252 e. The van der Waals surface area contributed by atoms with E-state index in [1.165, 1.54) is 11.0 Å². The monoisotopic (exact) mass is 186 g/mol. The van der Waals surface area contributed by atoms with Crippen LogP contribution in [0.3, 0.4) is 0 Å². The molecule has 6 heteroatoms. The molecule has 0 amide bonds. The number of aromatic nitrogens is 5. The first-order valence-corrected chi connectivity index (χ1v) is 3.91. The van der Waals surface area contributed by atoms with Gasteiger partial charge in [0.25, 0.3) is 11.8 Å². The van der Waals surface area contributed by atoms with Crippen LogP contribution in [-0.2, 0) is 0 Å². The topological polar surface area (TPSA) is 80.3 Å². The molecule has 0 N–H and O–H groups in total. The van der Waals surface area contributed by atoms with E-state index in [9.17, 15) is 0 Å². The molecule has 0 aromatic carbocycles. The van der Waals surface area contributed by atoms with Crippen LogP contribution in [0.2, 0.25) is 0 Å². The molecule has 0 radical (unpaired) electrons. The maximum Gasteiger partial charge on any atom is 0.252 e. The number of nitrogens with zero attached hydrogens (tertiary/aromatic N) is 6. The number of hydrogen-bond acceptors (Lipinski definition) is 5. The van der Waals surface area contributed by atoms with E-state index in [-0.39, 0.29) is 5.82 Å². The van der Waals surface area contributed by atoms with Crippen LogP contribution >= 0.6 is 0 Å². The minimum absolute atomic E-state index is 0.107. The molecular weight excluding hydrogens is 180 g/mol. The number of aryl methyl sites for hydroxylation is 1. The zero-order chi connectivity index (χ0) is 9.97. The van der Waals surface area contributed by atoms with Gasteiger partial charge in [0.15, 0.2) is 0 Å². The molecule has 0 unspecified atom stereocenters. The van der Waals surface area contributed by atoms with Crippen LogP contribution in [0.4, 0.5) is 0 Å². The lowest BCUT2D eigenvalue weighted by molar-refractivity contribution is 0.796. The molecule has 0 spiro atoms. The van der Waals surface area contributed by atoms with Crippen molar-refractivity contribution >= 4 is 0 Å². The van der Waals surface area contributed by atoms with Crippen molar-refractivity contribution in [2.75, 3.05) is 0 Å². The molecule has 2 aromatic heterocycles. The first-order valence-electron chi connectivity index (χ1n) is 3.91. The van der Waals surface area contributed by atoms with Gasteiger partial charge in [-0.3, -0.25) is 0 Å². The van der Waals surface area contributed by atoms with Crippen molar-refractivity contribution in [1.29, 1.82) is 5.26 Å². The molecule has 14 heavy (non-hydrogen) atoms. The Morgan fingerprint density at radius 2 is 2.29 bits per heavy atom. The fourth-order valence-corrected chi connectivity index (χ4v) is 0.957. The third-order valence-corrected chi connectivity index (χ3v) is 1.58. The highest BCUT2D eigenvalue weighted by atomic mass is 15.4. The summed E-state index contributed by atoms with van der Waals surface area (Å²) in [5.74, 6) is 0.522. The maximum atomic E-state index is 8.52. The van der Waals surface area contributed by atoms with Crippen molar-refractivity contribution in [2.24, 2.45) is 0 Å². The Hall–Kier alpha value is -2.29. The summed E-state index contributed by atoms with van der Waals surface area (Å²) in [6.07, 6.45) is 3.04. The summed E-state index contributed by atoms with van der Waals surface area (Å²) in [5.41, 5.74) is 0.837.